The SMILES string of the molecule is Cn1c(=O)c2ccc(-c3cnc(N4CCC(C(=O)O)C4)nc3)cc2n1Cc1ccccc1OC(F)F. The van der Waals surface area contributed by atoms with E-state index in [1.807, 2.05) is 11.0 Å². The first-order valence-corrected chi connectivity index (χ1v) is 11.3. The van der Waals surface area contributed by atoms with Crippen molar-refractivity contribution < 1.29 is 23.4 Å². The monoisotopic (exact) mass is 495 g/mol. The van der Waals surface area contributed by atoms with Crippen LogP contribution < -0.4 is 15.2 Å². The number of alkyl halides is 2. The third kappa shape index (κ3) is 4.39. The second-order valence-electron chi connectivity index (χ2n) is 8.65. The van der Waals surface area contributed by atoms with Crippen LogP contribution in [0.15, 0.2) is 59.7 Å². The largest absolute Gasteiger partial charge is 0.481 e. The zero-order chi connectivity index (χ0) is 25.4. The van der Waals surface area contributed by atoms with Gasteiger partial charge in [0, 0.05) is 43.7 Å². The lowest BCUT2D eigenvalue weighted by molar-refractivity contribution is -0.140. The summed E-state index contributed by atoms with van der Waals surface area (Å²) in [5.41, 5.74) is 2.42. The maximum Gasteiger partial charge on any atom is 0.387 e. The minimum absolute atomic E-state index is 0.0500. The topological polar surface area (TPSA) is 102 Å². The molecule has 0 spiro atoms. The van der Waals surface area contributed by atoms with Gasteiger partial charge >= 0.3 is 12.6 Å². The lowest BCUT2D eigenvalue weighted by atomic mass is 10.1. The third-order valence-corrected chi connectivity index (χ3v) is 6.46. The first-order chi connectivity index (χ1) is 17.3. The van der Waals surface area contributed by atoms with Crippen molar-refractivity contribution in [3.63, 3.8) is 0 Å². The van der Waals surface area contributed by atoms with Crippen LogP contribution in [0.25, 0.3) is 22.0 Å². The van der Waals surface area contributed by atoms with Crippen LogP contribution in [0.4, 0.5) is 14.7 Å². The van der Waals surface area contributed by atoms with Gasteiger partial charge in [-0.15, -0.1) is 0 Å². The van der Waals surface area contributed by atoms with E-state index in [0.29, 0.717) is 41.9 Å². The van der Waals surface area contributed by atoms with Gasteiger partial charge in [0.05, 0.1) is 23.4 Å². The highest BCUT2D eigenvalue weighted by Gasteiger charge is 2.29. The van der Waals surface area contributed by atoms with Crippen molar-refractivity contribution in [2.24, 2.45) is 13.0 Å². The molecule has 0 amide bonds. The molecular weight excluding hydrogens is 472 g/mol. The summed E-state index contributed by atoms with van der Waals surface area (Å²) in [4.78, 5) is 34.8. The molecule has 1 atom stereocenters. The molecule has 4 aromatic rings. The summed E-state index contributed by atoms with van der Waals surface area (Å²) in [7, 11) is 1.62. The molecule has 0 bridgehead atoms. The van der Waals surface area contributed by atoms with Gasteiger partial charge in [-0.3, -0.25) is 19.0 Å². The number of para-hydroxylation sites is 1. The van der Waals surface area contributed by atoms with Gasteiger partial charge in [0.25, 0.3) is 5.56 Å². The Kier molecular flexibility index (Phi) is 6.13. The first kappa shape index (κ1) is 23.5. The number of hydrogen-bond acceptors (Lipinski definition) is 6. The number of nitrogens with zero attached hydrogens (tertiary/aromatic N) is 5. The average molecular weight is 495 g/mol. The van der Waals surface area contributed by atoms with Crippen molar-refractivity contribution in [3.8, 4) is 16.9 Å². The maximum atomic E-state index is 12.9. The molecule has 1 aliphatic rings. The summed E-state index contributed by atoms with van der Waals surface area (Å²) >= 11 is 0. The molecule has 1 fully saturated rings. The smallest absolute Gasteiger partial charge is 0.387 e. The normalized spacial score (nSPS) is 15.7. The molecule has 9 nitrogen and oxygen atoms in total. The van der Waals surface area contributed by atoms with E-state index in [4.69, 9.17) is 0 Å². The number of fused-ring (bicyclic) bond motifs is 1. The number of aromatic nitrogens is 4. The molecule has 3 heterocycles. The molecule has 186 valence electrons. The fraction of sp³-hybridized carbons (Fsp3) is 0.280. The number of rotatable bonds is 7. The predicted octanol–water partition coefficient (Wildman–Crippen LogP) is 3.36. The molecule has 1 aliphatic heterocycles. The van der Waals surface area contributed by atoms with Gasteiger partial charge in [-0.25, -0.2) is 9.97 Å². The van der Waals surface area contributed by atoms with E-state index in [1.165, 1.54) is 10.7 Å². The van der Waals surface area contributed by atoms with E-state index in [9.17, 15) is 23.5 Å². The van der Waals surface area contributed by atoms with Crippen molar-refractivity contribution in [2.75, 3.05) is 18.0 Å². The lowest BCUT2D eigenvalue weighted by Gasteiger charge is -2.15. The van der Waals surface area contributed by atoms with Gasteiger partial charge in [0.15, 0.2) is 0 Å². The summed E-state index contributed by atoms with van der Waals surface area (Å²) in [6.45, 7) is -1.86. The highest BCUT2D eigenvalue weighted by molar-refractivity contribution is 5.84. The standard InChI is InChI=1S/C25H23F2N5O4/c1-30-22(33)19-7-6-15(18-11-28-25(29-12-18)31-9-8-17(13-31)23(34)35)10-20(19)32(30)14-16-4-2-3-5-21(16)36-24(26)27/h2-7,10-12,17,24H,8-9,13-14H2,1H3,(H,34,35). The van der Waals surface area contributed by atoms with Crippen molar-refractivity contribution in [1.29, 1.82) is 0 Å². The van der Waals surface area contributed by atoms with Crippen molar-refractivity contribution in [2.45, 2.75) is 19.6 Å². The summed E-state index contributed by atoms with van der Waals surface area (Å²) < 4.78 is 33.6. The molecule has 2 aromatic heterocycles. The number of anilines is 1. The van der Waals surface area contributed by atoms with Gasteiger partial charge in [-0.1, -0.05) is 24.3 Å². The fourth-order valence-corrected chi connectivity index (χ4v) is 4.53. The minimum atomic E-state index is -2.96. The molecule has 5 rings (SSSR count). The number of ether oxygens (including phenoxy) is 1. The Bertz CT molecular complexity index is 1480. The van der Waals surface area contributed by atoms with E-state index < -0.39 is 18.5 Å². The molecular formula is C25H23F2N5O4. The fourth-order valence-electron chi connectivity index (χ4n) is 4.53. The van der Waals surface area contributed by atoms with Crippen LogP contribution in [0, 0.1) is 5.92 Å². The van der Waals surface area contributed by atoms with E-state index >= 15 is 0 Å². The van der Waals surface area contributed by atoms with Gasteiger partial charge in [0.2, 0.25) is 5.95 Å². The third-order valence-electron chi connectivity index (χ3n) is 6.46. The Morgan fingerprint density at radius 3 is 2.61 bits per heavy atom. The van der Waals surface area contributed by atoms with E-state index in [2.05, 4.69) is 14.7 Å². The number of aliphatic carboxylic acids is 1. The quantitative estimate of drug-likeness (QED) is 0.419. The number of halogens is 2. The van der Waals surface area contributed by atoms with Crippen LogP contribution in [0.3, 0.4) is 0 Å². The van der Waals surface area contributed by atoms with Crippen molar-refractivity contribution >= 4 is 22.8 Å². The zero-order valence-corrected chi connectivity index (χ0v) is 19.3. The minimum Gasteiger partial charge on any atom is -0.481 e. The number of benzene rings is 2. The van der Waals surface area contributed by atoms with Crippen LogP contribution in [0.1, 0.15) is 12.0 Å². The number of carboxylic acid groups (broad SMARTS) is 1. The summed E-state index contributed by atoms with van der Waals surface area (Å²) in [6, 6.07) is 11.8. The van der Waals surface area contributed by atoms with Crippen LogP contribution in [-0.4, -0.2) is 50.1 Å². The highest BCUT2D eigenvalue weighted by Crippen LogP contribution is 2.27. The van der Waals surface area contributed by atoms with Gasteiger partial charge in [-0.2, -0.15) is 8.78 Å². The number of carboxylic acids is 1. The predicted molar refractivity (Wildman–Crippen MR) is 128 cm³/mol. The molecule has 1 N–H and O–H groups in total. The molecule has 1 unspecified atom stereocenters. The zero-order valence-electron chi connectivity index (χ0n) is 19.3. The van der Waals surface area contributed by atoms with Crippen LogP contribution >= 0.6 is 0 Å². The second kappa shape index (κ2) is 9.40. The van der Waals surface area contributed by atoms with E-state index in [0.717, 1.165) is 11.1 Å². The van der Waals surface area contributed by atoms with E-state index in [1.54, 1.807) is 54.5 Å². The van der Waals surface area contributed by atoms with Gasteiger partial charge < -0.3 is 14.7 Å². The number of carbonyl (C=O) groups is 1. The van der Waals surface area contributed by atoms with Gasteiger partial charge in [0.1, 0.15) is 5.75 Å². The van der Waals surface area contributed by atoms with Crippen LogP contribution in [-0.2, 0) is 18.4 Å². The molecule has 0 saturated carbocycles. The Balaban J connectivity index is 1.47. The summed E-state index contributed by atoms with van der Waals surface area (Å²) in [5.74, 6) is -0.730. The Morgan fingerprint density at radius 1 is 1.17 bits per heavy atom. The summed E-state index contributed by atoms with van der Waals surface area (Å²) in [6.07, 6.45) is 3.87. The summed E-state index contributed by atoms with van der Waals surface area (Å²) in [5, 5.41) is 9.70. The molecule has 36 heavy (non-hydrogen) atoms. The Labute approximate surface area is 204 Å². The molecule has 0 radical (unpaired) electrons. The number of hydrogen-bond donors (Lipinski definition) is 1. The average Bonchev–Trinajstić information content (AvgIpc) is 3.45. The van der Waals surface area contributed by atoms with Crippen molar-refractivity contribution in [3.05, 3.63) is 70.8 Å². The highest BCUT2D eigenvalue weighted by atomic mass is 19.3. The van der Waals surface area contributed by atoms with E-state index in [-0.39, 0.29) is 17.9 Å². The lowest BCUT2D eigenvalue weighted by Crippen LogP contribution is -2.24. The van der Waals surface area contributed by atoms with Crippen LogP contribution in [0.5, 0.6) is 5.75 Å². The molecule has 1 saturated heterocycles. The van der Waals surface area contributed by atoms with Crippen molar-refractivity contribution in [1.82, 2.24) is 19.3 Å². The molecule has 0 aliphatic carbocycles. The Morgan fingerprint density at radius 2 is 1.92 bits per heavy atom. The second-order valence-corrected chi connectivity index (χ2v) is 8.65. The van der Waals surface area contributed by atoms with Crippen LogP contribution in [0.2, 0.25) is 0 Å². The molecule has 11 heteroatoms. The Hall–Kier alpha value is -4.28. The van der Waals surface area contributed by atoms with Gasteiger partial charge in [-0.05, 0) is 30.2 Å². The molecule has 2 aromatic carbocycles. The maximum absolute atomic E-state index is 12.9. The first-order valence-electron chi connectivity index (χ1n) is 11.3.